The molecule has 1 aliphatic heterocycles. The van der Waals surface area contributed by atoms with Crippen molar-refractivity contribution in [3.63, 3.8) is 0 Å². The zero-order chi connectivity index (χ0) is 14.9. The van der Waals surface area contributed by atoms with Gasteiger partial charge in [-0.05, 0) is 31.4 Å². The topological polar surface area (TPSA) is 66.1 Å². The number of aryl methyl sites for hydroxylation is 1. The summed E-state index contributed by atoms with van der Waals surface area (Å²) in [7, 11) is -3.38. The minimum absolute atomic E-state index is 0.323. The number of hydrogen-bond acceptors (Lipinski definition) is 3. The number of benzene rings is 1. The summed E-state index contributed by atoms with van der Waals surface area (Å²) in [6.07, 6.45) is 5.16. The molecule has 1 saturated heterocycles. The van der Waals surface area contributed by atoms with E-state index >= 15 is 0 Å². The first-order valence-electron chi connectivity index (χ1n) is 7.14. The van der Waals surface area contributed by atoms with Crippen molar-refractivity contribution in [3.05, 3.63) is 48.0 Å². The minimum Gasteiger partial charge on any atom is -0.348 e. The molecule has 5 nitrogen and oxygen atoms in total. The van der Waals surface area contributed by atoms with Gasteiger partial charge in [-0.2, -0.15) is 4.31 Å². The van der Waals surface area contributed by atoms with E-state index in [0.29, 0.717) is 23.9 Å². The quantitative estimate of drug-likeness (QED) is 0.946. The van der Waals surface area contributed by atoms with Crippen LogP contribution in [0.15, 0.2) is 41.6 Å². The Balaban J connectivity index is 1.76. The monoisotopic (exact) mass is 305 g/mol. The Morgan fingerprint density at radius 2 is 1.95 bits per heavy atom. The van der Waals surface area contributed by atoms with Gasteiger partial charge >= 0.3 is 0 Å². The van der Waals surface area contributed by atoms with Crippen LogP contribution in [0.3, 0.4) is 0 Å². The van der Waals surface area contributed by atoms with Crippen molar-refractivity contribution in [2.75, 3.05) is 13.1 Å². The van der Waals surface area contributed by atoms with E-state index in [1.807, 2.05) is 25.3 Å². The molecule has 1 aromatic heterocycles. The number of imidazole rings is 1. The molecule has 2 aromatic rings. The van der Waals surface area contributed by atoms with Crippen LogP contribution in [0, 0.1) is 6.92 Å². The van der Waals surface area contributed by atoms with Crippen LogP contribution in [-0.2, 0) is 10.0 Å². The van der Waals surface area contributed by atoms with Crippen LogP contribution >= 0.6 is 0 Å². The van der Waals surface area contributed by atoms with Crippen LogP contribution in [0.4, 0.5) is 0 Å². The Morgan fingerprint density at radius 1 is 1.24 bits per heavy atom. The molecule has 3 rings (SSSR count). The number of nitrogens with one attached hydrogen (secondary N) is 1. The third-order valence-corrected chi connectivity index (χ3v) is 6.13. The summed E-state index contributed by atoms with van der Waals surface area (Å²) in [5, 5.41) is 0. The fourth-order valence-electron chi connectivity index (χ4n) is 2.86. The normalized spacial score (nSPS) is 18.0. The third-order valence-electron chi connectivity index (χ3n) is 4.07. The van der Waals surface area contributed by atoms with Crippen molar-refractivity contribution in [1.29, 1.82) is 0 Å². The van der Waals surface area contributed by atoms with E-state index in [9.17, 15) is 8.42 Å². The fourth-order valence-corrected chi connectivity index (χ4v) is 4.55. The number of H-pyrrole nitrogens is 1. The molecule has 0 unspecified atom stereocenters. The molecule has 6 heteroatoms. The third kappa shape index (κ3) is 2.73. The van der Waals surface area contributed by atoms with Gasteiger partial charge in [-0.1, -0.05) is 18.2 Å². The van der Waals surface area contributed by atoms with Crippen molar-refractivity contribution >= 4 is 10.0 Å². The molecular weight excluding hydrogens is 286 g/mol. The zero-order valence-corrected chi connectivity index (χ0v) is 12.8. The molecule has 0 aliphatic carbocycles. The maximum absolute atomic E-state index is 12.7. The number of piperidine rings is 1. The largest absolute Gasteiger partial charge is 0.348 e. The molecule has 1 fully saturated rings. The maximum atomic E-state index is 12.7. The highest BCUT2D eigenvalue weighted by atomic mass is 32.2. The highest BCUT2D eigenvalue weighted by molar-refractivity contribution is 7.89. The van der Waals surface area contributed by atoms with Gasteiger partial charge in [-0.3, -0.25) is 0 Å². The average molecular weight is 305 g/mol. The summed E-state index contributed by atoms with van der Waals surface area (Å²) in [5.74, 6) is 1.28. The van der Waals surface area contributed by atoms with Gasteiger partial charge in [0.15, 0.2) is 0 Å². The molecule has 1 aliphatic rings. The van der Waals surface area contributed by atoms with E-state index < -0.39 is 10.0 Å². The first-order chi connectivity index (χ1) is 10.1. The molecule has 21 heavy (non-hydrogen) atoms. The minimum atomic E-state index is -3.38. The first-order valence-corrected chi connectivity index (χ1v) is 8.58. The number of rotatable bonds is 3. The maximum Gasteiger partial charge on any atom is 0.243 e. The molecule has 1 N–H and O–H groups in total. The van der Waals surface area contributed by atoms with Crippen molar-refractivity contribution in [3.8, 4) is 0 Å². The molecule has 0 amide bonds. The van der Waals surface area contributed by atoms with Gasteiger partial charge in [0.1, 0.15) is 5.82 Å². The molecule has 0 spiro atoms. The SMILES string of the molecule is Cc1ccccc1S(=O)(=O)N1CCC(c2ncc[nH]2)CC1. The Labute approximate surface area is 125 Å². The highest BCUT2D eigenvalue weighted by Gasteiger charge is 2.31. The molecule has 2 heterocycles. The van der Waals surface area contributed by atoms with Crippen LogP contribution in [0.5, 0.6) is 0 Å². The lowest BCUT2D eigenvalue weighted by Gasteiger charge is -2.30. The van der Waals surface area contributed by atoms with E-state index in [1.54, 1.807) is 22.6 Å². The lowest BCUT2D eigenvalue weighted by atomic mass is 9.98. The fraction of sp³-hybridized carbons (Fsp3) is 0.400. The Morgan fingerprint density at radius 3 is 2.57 bits per heavy atom. The van der Waals surface area contributed by atoms with Crippen molar-refractivity contribution < 1.29 is 8.42 Å². The van der Waals surface area contributed by atoms with Crippen LogP contribution < -0.4 is 0 Å². The molecular formula is C15H19N3O2S. The van der Waals surface area contributed by atoms with Gasteiger partial charge in [0.05, 0.1) is 4.90 Å². The number of nitrogens with zero attached hydrogens (tertiary/aromatic N) is 2. The summed E-state index contributed by atoms with van der Waals surface area (Å²) < 4.78 is 27.0. The molecule has 1 aromatic carbocycles. The molecule has 0 bridgehead atoms. The van der Waals surface area contributed by atoms with Crippen LogP contribution in [0.2, 0.25) is 0 Å². The van der Waals surface area contributed by atoms with Gasteiger partial charge in [0, 0.05) is 31.4 Å². The smallest absolute Gasteiger partial charge is 0.243 e. The Kier molecular flexibility index (Phi) is 3.82. The number of hydrogen-bond donors (Lipinski definition) is 1. The van der Waals surface area contributed by atoms with Gasteiger partial charge < -0.3 is 4.98 Å². The zero-order valence-electron chi connectivity index (χ0n) is 12.0. The standard InChI is InChI=1S/C15H19N3O2S/c1-12-4-2-3-5-14(12)21(19,20)18-10-6-13(7-11-18)15-16-8-9-17-15/h2-5,8-9,13H,6-7,10-11H2,1H3,(H,16,17). The van der Waals surface area contributed by atoms with Crippen LogP contribution in [-0.4, -0.2) is 35.8 Å². The van der Waals surface area contributed by atoms with Crippen LogP contribution in [0.1, 0.15) is 30.1 Å². The molecule has 0 saturated carbocycles. The van der Waals surface area contributed by atoms with E-state index in [-0.39, 0.29) is 0 Å². The second-order valence-corrected chi connectivity index (χ2v) is 7.32. The van der Waals surface area contributed by atoms with E-state index in [4.69, 9.17) is 0 Å². The van der Waals surface area contributed by atoms with Gasteiger partial charge in [-0.15, -0.1) is 0 Å². The van der Waals surface area contributed by atoms with E-state index in [0.717, 1.165) is 24.2 Å². The molecule has 112 valence electrons. The van der Waals surface area contributed by atoms with Gasteiger partial charge in [0.25, 0.3) is 0 Å². The summed E-state index contributed by atoms with van der Waals surface area (Å²) in [6.45, 7) is 2.92. The highest BCUT2D eigenvalue weighted by Crippen LogP contribution is 2.29. The van der Waals surface area contributed by atoms with Crippen LogP contribution in [0.25, 0.3) is 0 Å². The lowest BCUT2D eigenvalue weighted by molar-refractivity contribution is 0.314. The molecule has 0 radical (unpaired) electrons. The van der Waals surface area contributed by atoms with Gasteiger partial charge in [-0.25, -0.2) is 13.4 Å². The number of aromatic amines is 1. The van der Waals surface area contributed by atoms with Crippen molar-refractivity contribution in [1.82, 2.24) is 14.3 Å². The Bertz CT molecular complexity index is 702. The van der Waals surface area contributed by atoms with E-state index in [1.165, 1.54) is 0 Å². The number of aromatic nitrogens is 2. The summed E-state index contributed by atoms with van der Waals surface area (Å²) in [6, 6.07) is 7.15. The second kappa shape index (κ2) is 5.61. The average Bonchev–Trinajstić information content (AvgIpc) is 3.02. The lowest BCUT2D eigenvalue weighted by Crippen LogP contribution is -2.38. The summed E-state index contributed by atoms with van der Waals surface area (Å²) in [4.78, 5) is 7.82. The predicted molar refractivity (Wildman–Crippen MR) is 80.5 cm³/mol. The predicted octanol–water partition coefficient (Wildman–Crippen LogP) is 2.29. The Hall–Kier alpha value is -1.66. The number of sulfonamides is 1. The van der Waals surface area contributed by atoms with Gasteiger partial charge in [0.2, 0.25) is 10.0 Å². The first kappa shape index (κ1) is 14.3. The second-order valence-electron chi connectivity index (χ2n) is 5.42. The van der Waals surface area contributed by atoms with Crippen molar-refractivity contribution in [2.45, 2.75) is 30.6 Å². The van der Waals surface area contributed by atoms with E-state index in [2.05, 4.69) is 9.97 Å². The summed E-state index contributed by atoms with van der Waals surface area (Å²) >= 11 is 0. The summed E-state index contributed by atoms with van der Waals surface area (Å²) in [5.41, 5.74) is 0.797. The van der Waals surface area contributed by atoms with Crippen molar-refractivity contribution in [2.24, 2.45) is 0 Å². The molecule has 0 atom stereocenters.